The van der Waals surface area contributed by atoms with Gasteiger partial charge in [0.05, 0.1) is 12.1 Å². The van der Waals surface area contributed by atoms with Crippen LogP contribution in [-0.4, -0.2) is 38.9 Å². The summed E-state index contributed by atoms with van der Waals surface area (Å²) in [5.41, 5.74) is 1.85. The third kappa shape index (κ3) is 4.18. The Morgan fingerprint density at radius 2 is 1.96 bits per heavy atom. The molecule has 2 aromatic rings. The molecule has 0 unspecified atom stereocenters. The van der Waals surface area contributed by atoms with Crippen molar-refractivity contribution >= 4 is 0 Å². The van der Waals surface area contributed by atoms with Crippen LogP contribution in [0.2, 0.25) is 0 Å². The lowest BCUT2D eigenvalue weighted by Crippen LogP contribution is -2.45. The van der Waals surface area contributed by atoms with Crippen LogP contribution in [0.25, 0.3) is 0 Å². The summed E-state index contributed by atoms with van der Waals surface area (Å²) in [4.78, 5) is 2.28. The molecule has 1 aromatic heterocycles. The molecule has 0 amide bonds. The SMILES string of the molecule is CCc1nnc(CN2CCC(O)(Cc3cccc(C)c3)CC2)o1. The van der Waals surface area contributed by atoms with E-state index in [2.05, 4.69) is 46.3 Å². The third-order valence-electron chi connectivity index (χ3n) is 4.57. The Balaban J connectivity index is 1.54. The number of aromatic nitrogens is 2. The summed E-state index contributed by atoms with van der Waals surface area (Å²) < 4.78 is 5.57. The molecular formula is C18H25N3O2. The average Bonchev–Trinajstić information content (AvgIpc) is 2.97. The monoisotopic (exact) mass is 315 g/mol. The van der Waals surface area contributed by atoms with Crippen LogP contribution in [-0.2, 0) is 19.4 Å². The van der Waals surface area contributed by atoms with Crippen molar-refractivity contribution < 1.29 is 9.52 Å². The lowest BCUT2D eigenvalue weighted by molar-refractivity contribution is -0.0240. The van der Waals surface area contributed by atoms with Crippen molar-refractivity contribution in [1.82, 2.24) is 15.1 Å². The molecule has 124 valence electrons. The van der Waals surface area contributed by atoms with E-state index < -0.39 is 5.60 Å². The fourth-order valence-electron chi connectivity index (χ4n) is 3.19. The number of hydrogen-bond donors (Lipinski definition) is 1. The molecule has 0 aliphatic carbocycles. The second-order valence-electron chi connectivity index (χ2n) is 6.61. The van der Waals surface area contributed by atoms with Crippen LogP contribution < -0.4 is 0 Å². The van der Waals surface area contributed by atoms with Crippen molar-refractivity contribution in [2.24, 2.45) is 0 Å². The third-order valence-corrected chi connectivity index (χ3v) is 4.57. The maximum absolute atomic E-state index is 10.9. The van der Waals surface area contributed by atoms with Gasteiger partial charge in [0, 0.05) is 25.9 Å². The van der Waals surface area contributed by atoms with Crippen molar-refractivity contribution in [2.45, 2.75) is 51.7 Å². The van der Waals surface area contributed by atoms with Gasteiger partial charge in [-0.25, -0.2) is 0 Å². The van der Waals surface area contributed by atoms with Gasteiger partial charge in [0.15, 0.2) is 0 Å². The number of rotatable bonds is 5. The molecule has 1 fully saturated rings. The molecule has 5 nitrogen and oxygen atoms in total. The van der Waals surface area contributed by atoms with Gasteiger partial charge in [0.25, 0.3) is 0 Å². The van der Waals surface area contributed by atoms with Crippen LogP contribution in [0.4, 0.5) is 0 Å². The molecule has 3 rings (SSSR count). The number of piperidine rings is 1. The fourth-order valence-corrected chi connectivity index (χ4v) is 3.19. The summed E-state index contributed by atoms with van der Waals surface area (Å²) in [5, 5.41) is 18.9. The zero-order valence-corrected chi connectivity index (χ0v) is 14.0. The maximum atomic E-state index is 10.9. The van der Waals surface area contributed by atoms with Gasteiger partial charge in [-0.2, -0.15) is 0 Å². The van der Waals surface area contributed by atoms with Gasteiger partial charge in [0.2, 0.25) is 11.8 Å². The Bertz CT molecular complexity index is 645. The Hall–Kier alpha value is -1.72. The predicted molar refractivity (Wildman–Crippen MR) is 88.0 cm³/mol. The van der Waals surface area contributed by atoms with Gasteiger partial charge < -0.3 is 9.52 Å². The topological polar surface area (TPSA) is 62.4 Å². The van der Waals surface area contributed by atoms with E-state index in [1.807, 2.05) is 6.92 Å². The van der Waals surface area contributed by atoms with Crippen LogP contribution in [0.5, 0.6) is 0 Å². The van der Waals surface area contributed by atoms with Crippen molar-refractivity contribution in [3.63, 3.8) is 0 Å². The largest absolute Gasteiger partial charge is 0.424 e. The van der Waals surface area contributed by atoms with Crippen molar-refractivity contribution in [1.29, 1.82) is 0 Å². The highest BCUT2D eigenvalue weighted by Crippen LogP contribution is 2.27. The minimum Gasteiger partial charge on any atom is -0.424 e. The van der Waals surface area contributed by atoms with E-state index in [-0.39, 0.29) is 0 Å². The first-order valence-corrected chi connectivity index (χ1v) is 8.38. The normalized spacial score (nSPS) is 18.2. The van der Waals surface area contributed by atoms with Crippen LogP contribution in [0.1, 0.15) is 42.7 Å². The van der Waals surface area contributed by atoms with E-state index in [0.29, 0.717) is 18.3 Å². The summed E-state index contributed by atoms with van der Waals surface area (Å²) in [6.07, 6.45) is 3.04. The lowest BCUT2D eigenvalue weighted by atomic mass is 9.85. The number of benzene rings is 1. The van der Waals surface area contributed by atoms with Crippen LogP contribution in [0.15, 0.2) is 28.7 Å². The van der Waals surface area contributed by atoms with Crippen molar-refractivity contribution in [2.75, 3.05) is 13.1 Å². The Morgan fingerprint density at radius 3 is 2.61 bits per heavy atom. The first kappa shape index (κ1) is 16.1. The molecule has 0 atom stereocenters. The van der Waals surface area contributed by atoms with Crippen molar-refractivity contribution in [3.8, 4) is 0 Å². The second-order valence-corrected chi connectivity index (χ2v) is 6.61. The molecule has 23 heavy (non-hydrogen) atoms. The molecule has 0 saturated carbocycles. The number of aliphatic hydroxyl groups is 1. The fraction of sp³-hybridized carbons (Fsp3) is 0.556. The van der Waals surface area contributed by atoms with E-state index >= 15 is 0 Å². The smallest absolute Gasteiger partial charge is 0.230 e. The molecule has 2 heterocycles. The maximum Gasteiger partial charge on any atom is 0.230 e. The van der Waals surface area contributed by atoms with Gasteiger partial charge in [0.1, 0.15) is 0 Å². The van der Waals surface area contributed by atoms with E-state index in [1.165, 1.54) is 11.1 Å². The molecular weight excluding hydrogens is 290 g/mol. The summed E-state index contributed by atoms with van der Waals surface area (Å²) in [6, 6.07) is 8.41. The van der Waals surface area contributed by atoms with Gasteiger partial charge in [-0.3, -0.25) is 4.90 Å². The zero-order valence-electron chi connectivity index (χ0n) is 14.0. The standard InChI is InChI=1S/C18H25N3O2/c1-3-16-19-20-17(23-16)13-21-9-7-18(22,8-10-21)12-15-6-4-5-14(2)11-15/h4-6,11,22H,3,7-10,12-13H2,1-2H3. The molecule has 5 heteroatoms. The molecule has 1 aromatic carbocycles. The number of hydrogen-bond acceptors (Lipinski definition) is 5. The molecule has 1 aliphatic rings. The highest BCUT2D eigenvalue weighted by atomic mass is 16.4. The van der Waals surface area contributed by atoms with E-state index in [1.54, 1.807) is 0 Å². The number of nitrogens with zero attached hydrogens (tertiary/aromatic N) is 3. The molecule has 1 aliphatic heterocycles. The summed E-state index contributed by atoms with van der Waals surface area (Å²) in [7, 11) is 0. The van der Waals surface area contributed by atoms with Gasteiger partial charge >= 0.3 is 0 Å². The quantitative estimate of drug-likeness (QED) is 0.918. The molecule has 0 spiro atoms. The predicted octanol–water partition coefficient (Wildman–Crippen LogP) is 2.51. The van der Waals surface area contributed by atoms with Gasteiger partial charge in [-0.15, -0.1) is 10.2 Å². The average molecular weight is 315 g/mol. The van der Waals surface area contributed by atoms with Gasteiger partial charge in [-0.1, -0.05) is 36.8 Å². The number of likely N-dealkylation sites (tertiary alicyclic amines) is 1. The van der Waals surface area contributed by atoms with E-state index in [0.717, 1.165) is 38.8 Å². The highest BCUT2D eigenvalue weighted by Gasteiger charge is 2.32. The summed E-state index contributed by atoms with van der Waals surface area (Å²) in [5.74, 6) is 1.36. The molecule has 1 saturated heterocycles. The van der Waals surface area contributed by atoms with Gasteiger partial charge in [-0.05, 0) is 25.3 Å². The van der Waals surface area contributed by atoms with Crippen LogP contribution in [0, 0.1) is 6.92 Å². The molecule has 1 N–H and O–H groups in total. The van der Waals surface area contributed by atoms with E-state index in [4.69, 9.17) is 4.42 Å². The van der Waals surface area contributed by atoms with Crippen LogP contribution in [0.3, 0.4) is 0 Å². The van der Waals surface area contributed by atoms with E-state index in [9.17, 15) is 5.11 Å². The Labute approximate surface area is 137 Å². The Kier molecular flexibility index (Phi) is 4.78. The van der Waals surface area contributed by atoms with Crippen molar-refractivity contribution in [3.05, 3.63) is 47.2 Å². The highest BCUT2D eigenvalue weighted by molar-refractivity contribution is 5.23. The zero-order chi connectivity index (χ0) is 16.3. The Morgan fingerprint density at radius 1 is 1.22 bits per heavy atom. The first-order valence-electron chi connectivity index (χ1n) is 8.38. The lowest BCUT2D eigenvalue weighted by Gasteiger charge is -2.37. The van der Waals surface area contributed by atoms with Crippen LogP contribution >= 0.6 is 0 Å². The second kappa shape index (κ2) is 6.81. The number of aryl methyl sites for hydroxylation is 2. The summed E-state index contributed by atoms with van der Waals surface area (Å²) >= 11 is 0. The first-order chi connectivity index (χ1) is 11.1. The minimum atomic E-state index is -0.603. The molecule has 0 bridgehead atoms. The molecule has 0 radical (unpaired) electrons. The summed E-state index contributed by atoms with van der Waals surface area (Å²) in [6.45, 7) is 6.47. The minimum absolute atomic E-state index is 0.603.